The van der Waals surface area contributed by atoms with Crippen molar-refractivity contribution in [3.8, 4) is 0 Å². The number of nitrogens with zero attached hydrogens (tertiary/aromatic N) is 1. The Kier molecular flexibility index (Phi) is 12.6. The molecule has 0 saturated heterocycles. The van der Waals surface area contributed by atoms with E-state index in [0.29, 0.717) is 12.3 Å². The fourth-order valence-corrected chi connectivity index (χ4v) is 5.80. The standard InChI is InChI=1S/C39H53N3O4/c1-25(2)19-20-30(7)42(37(44)33(24-31-17-12-11-13-18-31)40-38(45)46-39(8,9)10)35(32-22-26(3)21-27(4)23-32)36(43)41-34-28(5)15-14-16-29(34)6/h11-18,21-23,25,30,33,35H,19-20,24H2,1-10H3,(H,40,45)(H,41,43). The van der Waals surface area contributed by atoms with Gasteiger partial charge in [0.15, 0.2) is 0 Å². The number of rotatable bonds is 12. The molecule has 0 saturated carbocycles. The SMILES string of the molecule is Cc1cc(C)cc(C(C(=O)Nc2c(C)cccc2C)N(C(=O)C(Cc2ccccc2)NC(=O)OC(C)(C)C)C(C)CCC(C)C)c1. The number of benzene rings is 3. The topological polar surface area (TPSA) is 87.7 Å². The predicted octanol–water partition coefficient (Wildman–Crippen LogP) is 8.39. The van der Waals surface area contributed by atoms with Gasteiger partial charge in [0.2, 0.25) is 5.91 Å². The maximum Gasteiger partial charge on any atom is 0.408 e. The van der Waals surface area contributed by atoms with Crippen molar-refractivity contribution >= 4 is 23.6 Å². The maximum atomic E-state index is 15.0. The highest BCUT2D eigenvalue weighted by atomic mass is 16.6. The van der Waals surface area contributed by atoms with Gasteiger partial charge in [-0.3, -0.25) is 9.59 Å². The Morgan fingerprint density at radius 2 is 1.39 bits per heavy atom. The molecule has 3 unspecified atom stereocenters. The van der Waals surface area contributed by atoms with Crippen LogP contribution in [0, 0.1) is 33.6 Å². The van der Waals surface area contributed by atoms with Crippen LogP contribution in [0.5, 0.6) is 0 Å². The lowest BCUT2D eigenvalue weighted by Crippen LogP contribution is -2.55. The normalized spacial score (nSPS) is 13.5. The molecule has 7 heteroatoms. The minimum absolute atomic E-state index is 0.240. The third kappa shape index (κ3) is 10.5. The van der Waals surface area contributed by atoms with Crippen LogP contribution in [0.3, 0.4) is 0 Å². The number of carbonyl (C=O) groups is 3. The number of nitrogens with one attached hydrogen (secondary N) is 2. The number of ether oxygens (including phenoxy) is 1. The van der Waals surface area contributed by atoms with Gasteiger partial charge in [0.25, 0.3) is 5.91 Å². The van der Waals surface area contributed by atoms with E-state index in [0.717, 1.165) is 45.5 Å². The average Bonchev–Trinajstić information content (AvgIpc) is 2.94. The molecule has 0 aliphatic rings. The summed E-state index contributed by atoms with van der Waals surface area (Å²) in [5.74, 6) is -0.239. The molecule has 0 bridgehead atoms. The van der Waals surface area contributed by atoms with Gasteiger partial charge in [-0.2, -0.15) is 0 Å². The molecular formula is C39H53N3O4. The second kappa shape index (κ2) is 15.9. The summed E-state index contributed by atoms with van der Waals surface area (Å²) in [4.78, 5) is 44.5. The first-order chi connectivity index (χ1) is 21.6. The average molecular weight is 628 g/mol. The lowest BCUT2D eigenvalue weighted by Gasteiger charge is -2.39. The fourth-order valence-electron chi connectivity index (χ4n) is 5.80. The second-order valence-corrected chi connectivity index (χ2v) is 14.0. The van der Waals surface area contributed by atoms with Gasteiger partial charge >= 0.3 is 6.09 Å². The van der Waals surface area contributed by atoms with E-state index in [-0.39, 0.29) is 24.3 Å². The summed E-state index contributed by atoms with van der Waals surface area (Å²) in [6.07, 6.45) is 1.11. The monoisotopic (exact) mass is 627 g/mol. The number of para-hydroxylation sites is 1. The highest BCUT2D eigenvalue weighted by molar-refractivity contribution is 6.00. The van der Waals surface area contributed by atoms with E-state index in [2.05, 4.69) is 30.5 Å². The number of hydrogen-bond donors (Lipinski definition) is 2. The number of amides is 3. The van der Waals surface area contributed by atoms with E-state index >= 15 is 0 Å². The highest BCUT2D eigenvalue weighted by Gasteiger charge is 2.39. The summed E-state index contributed by atoms with van der Waals surface area (Å²) in [6, 6.07) is 19.2. The van der Waals surface area contributed by atoms with Crippen molar-refractivity contribution in [2.24, 2.45) is 5.92 Å². The van der Waals surface area contributed by atoms with E-state index in [9.17, 15) is 14.4 Å². The minimum atomic E-state index is -0.972. The molecular weight excluding hydrogens is 574 g/mol. The van der Waals surface area contributed by atoms with Gasteiger partial charge in [-0.15, -0.1) is 0 Å². The van der Waals surface area contributed by atoms with Crippen molar-refractivity contribution in [2.45, 2.75) is 112 Å². The van der Waals surface area contributed by atoms with Gasteiger partial charge in [0, 0.05) is 18.2 Å². The van der Waals surface area contributed by atoms with Crippen LogP contribution in [0.2, 0.25) is 0 Å². The fraction of sp³-hybridized carbons (Fsp3) is 0.462. The summed E-state index contributed by atoms with van der Waals surface area (Å²) < 4.78 is 5.60. The predicted molar refractivity (Wildman–Crippen MR) is 187 cm³/mol. The zero-order valence-electron chi connectivity index (χ0n) is 29.4. The van der Waals surface area contributed by atoms with Crippen molar-refractivity contribution in [1.29, 1.82) is 0 Å². The van der Waals surface area contributed by atoms with Crippen molar-refractivity contribution < 1.29 is 19.1 Å². The molecule has 0 aliphatic heterocycles. The lowest BCUT2D eigenvalue weighted by atomic mass is 9.94. The molecule has 46 heavy (non-hydrogen) atoms. The van der Waals surface area contributed by atoms with E-state index in [4.69, 9.17) is 4.74 Å². The van der Waals surface area contributed by atoms with Crippen LogP contribution in [0.1, 0.15) is 93.8 Å². The zero-order valence-corrected chi connectivity index (χ0v) is 29.4. The van der Waals surface area contributed by atoms with Crippen molar-refractivity contribution in [1.82, 2.24) is 10.2 Å². The summed E-state index contributed by atoms with van der Waals surface area (Å²) in [5.41, 5.74) is 5.46. The number of aryl methyl sites for hydroxylation is 4. The summed E-state index contributed by atoms with van der Waals surface area (Å²) in [6.45, 7) is 19.6. The van der Waals surface area contributed by atoms with E-state index < -0.39 is 23.8 Å². The van der Waals surface area contributed by atoms with Crippen LogP contribution in [0.25, 0.3) is 0 Å². The number of hydrogen-bond acceptors (Lipinski definition) is 4. The number of alkyl carbamates (subject to hydrolysis) is 1. The quantitative estimate of drug-likeness (QED) is 0.211. The van der Waals surface area contributed by atoms with Gasteiger partial charge in [0.1, 0.15) is 17.7 Å². The molecule has 0 fully saturated rings. The van der Waals surface area contributed by atoms with Gasteiger partial charge in [-0.05, 0) is 96.4 Å². The van der Waals surface area contributed by atoms with Gasteiger partial charge in [-0.25, -0.2) is 4.79 Å². The van der Waals surface area contributed by atoms with Gasteiger partial charge in [-0.1, -0.05) is 91.7 Å². The summed E-state index contributed by atoms with van der Waals surface area (Å²) in [5, 5.41) is 6.06. The van der Waals surface area contributed by atoms with Gasteiger partial charge in [0.05, 0.1) is 0 Å². The van der Waals surface area contributed by atoms with Crippen molar-refractivity contribution in [3.05, 3.63) is 100 Å². The molecule has 0 aromatic heterocycles. The molecule has 2 N–H and O–H groups in total. The Morgan fingerprint density at radius 3 is 1.93 bits per heavy atom. The molecule has 3 amide bonds. The van der Waals surface area contributed by atoms with Crippen LogP contribution in [0.4, 0.5) is 10.5 Å². The smallest absolute Gasteiger partial charge is 0.408 e. The first kappa shape index (κ1) is 36.3. The van der Waals surface area contributed by atoms with Crippen LogP contribution in [-0.4, -0.2) is 40.5 Å². The first-order valence-electron chi connectivity index (χ1n) is 16.4. The Bertz CT molecular complexity index is 1450. The van der Waals surface area contributed by atoms with Crippen LogP contribution in [0.15, 0.2) is 66.7 Å². The summed E-state index contributed by atoms with van der Waals surface area (Å²) >= 11 is 0. The number of carbonyl (C=O) groups excluding carboxylic acids is 3. The second-order valence-electron chi connectivity index (χ2n) is 14.0. The minimum Gasteiger partial charge on any atom is -0.444 e. The molecule has 3 atom stereocenters. The zero-order chi connectivity index (χ0) is 34.2. The van der Waals surface area contributed by atoms with Crippen LogP contribution in [-0.2, 0) is 20.7 Å². The molecule has 3 aromatic carbocycles. The molecule has 3 aromatic rings. The van der Waals surface area contributed by atoms with Crippen LogP contribution >= 0.6 is 0 Å². The Hall–Kier alpha value is -4.13. The third-order valence-corrected chi connectivity index (χ3v) is 7.98. The van der Waals surface area contributed by atoms with E-state index in [1.807, 2.05) is 95.3 Å². The largest absolute Gasteiger partial charge is 0.444 e. The highest BCUT2D eigenvalue weighted by Crippen LogP contribution is 2.31. The Balaban J connectivity index is 2.19. The molecule has 0 heterocycles. The van der Waals surface area contributed by atoms with Crippen molar-refractivity contribution in [2.75, 3.05) is 5.32 Å². The summed E-state index contributed by atoms with van der Waals surface area (Å²) in [7, 11) is 0. The molecule has 0 radical (unpaired) electrons. The third-order valence-electron chi connectivity index (χ3n) is 7.98. The molecule has 248 valence electrons. The number of anilines is 1. The molecule has 7 nitrogen and oxygen atoms in total. The van der Waals surface area contributed by atoms with Crippen molar-refractivity contribution in [3.63, 3.8) is 0 Å². The van der Waals surface area contributed by atoms with E-state index in [1.165, 1.54) is 0 Å². The molecule has 0 aliphatic carbocycles. The molecule has 0 spiro atoms. The van der Waals surface area contributed by atoms with Gasteiger partial charge < -0.3 is 20.3 Å². The Labute approximate surface area is 276 Å². The Morgan fingerprint density at radius 1 is 0.804 bits per heavy atom. The van der Waals surface area contributed by atoms with Crippen LogP contribution < -0.4 is 10.6 Å². The molecule has 3 rings (SSSR count). The lowest BCUT2D eigenvalue weighted by molar-refractivity contribution is -0.143. The maximum absolute atomic E-state index is 15.0. The first-order valence-corrected chi connectivity index (χ1v) is 16.4. The van der Waals surface area contributed by atoms with E-state index in [1.54, 1.807) is 25.7 Å².